The molecule has 0 amide bonds. The third-order valence-corrected chi connectivity index (χ3v) is 4.87. The quantitative estimate of drug-likeness (QED) is 0.427. The second-order valence-corrected chi connectivity index (χ2v) is 6.40. The van der Waals surface area contributed by atoms with E-state index in [0.29, 0.717) is 0 Å². The minimum Gasteiger partial charge on any atom is -0.384 e. The number of benzene rings is 1. The first-order chi connectivity index (χ1) is 9.40. The van der Waals surface area contributed by atoms with Gasteiger partial charge in [-0.25, -0.2) is 0 Å². The van der Waals surface area contributed by atoms with Gasteiger partial charge in [0.25, 0.3) is 0 Å². The van der Waals surface area contributed by atoms with Crippen LogP contribution in [-0.4, -0.2) is 12.3 Å². The topological polar surface area (TPSA) is 12.0 Å². The van der Waals surface area contributed by atoms with E-state index < -0.39 is 0 Å². The van der Waals surface area contributed by atoms with E-state index in [-0.39, 0.29) is 0 Å². The predicted octanol–water partition coefficient (Wildman–Crippen LogP) is 5.35. The van der Waals surface area contributed by atoms with Crippen LogP contribution in [0.15, 0.2) is 41.8 Å². The van der Waals surface area contributed by atoms with Crippen molar-refractivity contribution in [2.75, 3.05) is 17.6 Å². The lowest BCUT2D eigenvalue weighted by molar-refractivity contribution is 0.483. The van der Waals surface area contributed by atoms with Crippen LogP contribution in [0.5, 0.6) is 0 Å². The summed E-state index contributed by atoms with van der Waals surface area (Å²) in [6, 6.07) is 8.63. The third-order valence-electron chi connectivity index (χ3n) is 3.80. The highest BCUT2D eigenvalue weighted by atomic mass is 32.2. The Morgan fingerprint density at radius 1 is 1.16 bits per heavy atom. The maximum absolute atomic E-state index is 3.79. The average molecular weight is 275 g/mol. The molecule has 1 N–H and O–H groups in total. The van der Waals surface area contributed by atoms with Gasteiger partial charge in [0.2, 0.25) is 0 Å². The fraction of sp³-hybridized carbons (Fsp3) is 0.529. The van der Waals surface area contributed by atoms with E-state index in [2.05, 4.69) is 36.2 Å². The van der Waals surface area contributed by atoms with Gasteiger partial charge in [-0.05, 0) is 30.9 Å². The molecule has 2 heteroatoms. The number of nitrogens with one attached hydrogen (secondary N) is 1. The predicted molar refractivity (Wildman–Crippen MR) is 87.0 cm³/mol. The van der Waals surface area contributed by atoms with Gasteiger partial charge < -0.3 is 5.32 Å². The van der Waals surface area contributed by atoms with Crippen molar-refractivity contribution in [2.45, 2.75) is 43.4 Å². The minimum absolute atomic E-state index is 0.861. The van der Waals surface area contributed by atoms with Gasteiger partial charge in [0.15, 0.2) is 0 Å². The standard InChI is InChI=1S/C17H25NS/c1-2-13-19-17-12-8-7-11-16(17)18-14-15-9-5-3-4-6-10-15/h2,7-8,11-12,15,18H,1,3-6,9-10,13-14H2. The third kappa shape index (κ3) is 4.94. The summed E-state index contributed by atoms with van der Waals surface area (Å²) in [6.07, 6.45) is 10.5. The first-order valence-electron chi connectivity index (χ1n) is 7.46. The highest BCUT2D eigenvalue weighted by Crippen LogP contribution is 2.28. The lowest BCUT2D eigenvalue weighted by atomic mass is 10.0. The summed E-state index contributed by atoms with van der Waals surface area (Å²) in [4.78, 5) is 1.34. The molecule has 0 spiro atoms. The number of hydrogen-bond acceptors (Lipinski definition) is 2. The van der Waals surface area contributed by atoms with Crippen molar-refractivity contribution >= 4 is 17.4 Å². The Morgan fingerprint density at radius 3 is 2.63 bits per heavy atom. The van der Waals surface area contributed by atoms with Gasteiger partial charge in [-0.2, -0.15) is 0 Å². The summed E-state index contributed by atoms with van der Waals surface area (Å²) < 4.78 is 0. The van der Waals surface area contributed by atoms with Gasteiger partial charge in [-0.15, -0.1) is 18.3 Å². The van der Waals surface area contributed by atoms with Crippen LogP contribution < -0.4 is 5.32 Å². The van der Waals surface area contributed by atoms with Crippen LogP contribution in [0.2, 0.25) is 0 Å². The number of hydrogen-bond donors (Lipinski definition) is 1. The van der Waals surface area contributed by atoms with Crippen LogP contribution in [0, 0.1) is 5.92 Å². The molecule has 0 atom stereocenters. The molecule has 1 saturated carbocycles. The molecule has 0 unspecified atom stereocenters. The molecule has 0 aromatic heterocycles. The zero-order chi connectivity index (χ0) is 13.3. The summed E-state index contributed by atoms with van der Waals surface area (Å²) in [6.45, 7) is 4.92. The monoisotopic (exact) mass is 275 g/mol. The molecule has 0 saturated heterocycles. The Kier molecular flexibility index (Phi) is 6.35. The summed E-state index contributed by atoms with van der Waals surface area (Å²) in [5.41, 5.74) is 1.29. The van der Waals surface area contributed by atoms with Crippen LogP contribution >= 0.6 is 11.8 Å². The molecule has 1 nitrogen and oxygen atoms in total. The number of thioether (sulfide) groups is 1. The second-order valence-electron chi connectivity index (χ2n) is 5.33. The summed E-state index contributed by atoms with van der Waals surface area (Å²) in [5.74, 6) is 1.84. The summed E-state index contributed by atoms with van der Waals surface area (Å²) >= 11 is 1.86. The van der Waals surface area contributed by atoms with Crippen molar-refractivity contribution in [1.29, 1.82) is 0 Å². The van der Waals surface area contributed by atoms with Gasteiger partial charge in [0.05, 0.1) is 0 Å². The molecule has 104 valence electrons. The lowest BCUT2D eigenvalue weighted by Gasteiger charge is -2.17. The number of anilines is 1. The van der Waals surface area contributed by atoms with Crippen LogP contribution in [0.25, 0.3) is 0 Å². The van der Waals surface area contributed by atoms with E-state index in [1.807, 2.05) is 17.8 Å². The molecule has 19 heavy (non-hydrogen) atoms. The normalized spacial score (nSPS) is 16.8. The highest BCUT2D eigenvalue weighted by molar-refractivity contribution is 7.99. The first kappa shape index (κ1) is 14.5. The smallest absolute Gasteiger partial charge is 0.0478 e. The Hall–Kier alpha value is -0.890. The lowest BCUT2D eigenvalue weighted by Crippen LogP contribution is -2.14. The number of para-hydroxylation sites is 1. The molecular weight excluding hydrogens is 250 g/mol. The molecule has 1 aromatic carbocycles. The van der Waals surface area contributed by atoms with E-state index in [1.165, 1.54) is 49.1 Å². The van der Waals surface area contributed by atoms with Crippen molar-refractivity contribution in [2.24, 2.45) is 5.92 Å². The number of rotatable bonds is 6. The Morgan fingerprint density at radius 2 is 1.89 bits per heavy atom. The van der Waals surface area contributed by atoms with Crippen LogP contribution in [0.1, 0.15) is 38.5 Å². The zero-order valence-electron chi connectivity index (χ0n) is 11.7. The highest BCUT2D eigenvalue weighted by Gasteiger charge is 2.12. The maximum Gasteiger partial charge on any atom is 0.0478 e. The molecule has 1 fully saturated rings. The van der Waals surface area contributed by atoms with Crippen LogP contribution in [-0.2, 0) is 0 Å². The molecule has 0 heterocycles. The van der Waals surface area contributed by atoms with Crippen molar-refractivity contribution in [1.82, 2.24) is 0 Å². The van der Waals surface area contributed by atoms with Crippen molar-refractivity contribution in [3.05, 3.63) is 36.9 Å². The molecule has 0 bridgehead atoms. The van der Waals surface area contributed by atoms with Gasteiger partial charge in [0.1, 0.15) is 0 Å². The molecule has 1 aliphatic rings. The van der Waals surface area contributed by atoms with Gasteiger partial charge in [0, 0.05) is 22.9 Å². The largest absolute Gasteiger partial charge is 0.384 e. The second kappa shape index (κ2) is 8.31. The summed E-state index contributed by atoms with van der Waals surface area (Å²) in [5, 5.41) is 3.66. The van der Waals surface area contributed by atoms with E-state index in [4.69, 9.17) is 0 Å². The van der Waals surface area contributed by atoms with Gasteiger partial charge in [-0.1, -0.05) is 43.9 Å². The molecule has 0 radical (unpaired) electrons. The molecule has 1 aliphatic carbocycles. The van der Waals surface area contributed by atoms with E-state index in [0.717, 1.165) is 18.2 Å². The Bertz CT molecular complexity index is 381. The molecule has 2 rings (SSSR count). The Balaban J connectivity index is 1.88. The van der Waals surface area contributed by atoms with E-state index in [1.54, 1.807) is 0 Å². The first-order valence-corrected chi connectivity index (χ1v) is 8.45. The average Bonchev–Trinajstić information content (AvgIpc) is 2.72. The maximum atomic E-state index is 3.79. The Labute approximate surface area is 121 Å². The zero-order valence-corrected chi connectivity index (χ0v) is 12.6. The fourth-order valence-corrected chi connectivity index (χ4v) is 3.48. The molecule has 0 aliphatic heterocycles. The summed E-state index contributed by atoms with van der Waals surface area (Å²) in [7, 11) is 0. The fourth-order valence-electron chi connectivity index (χ4n) is 2.71. The van der Waals surface area contributed by atoms with Crippen LogP contribution in [0.4, 0.5) is 5.69 Å². The van der Waals surface area contributed by atoms with Gasteiger partial charge >= 0.3 is 0 Å². The van der Waals surface area contributed by atoms with Crippen molar-refractivity contribution in [3.8, 4) is 0 Å². The minimum atomic E-state index is 0.861. The molecular formula is C17H25NS. The van der Waals surface area contributed by atoms with E-state index >= 15 is 0 Å². The van der Waals surface area contributed by atoms with Crippen LogP contribution in [0.3, 0.4) is 0 Å². The van der Waals surface area contributed by atoms with Crippen molar-refractivity contribution in [3.63, 3.8) is 0 Å². The van der Waals surface area contributed by atoms with Crippen molar-refractivity contribution < 1.29 is 0 Å². The molecule has 1 aromatic rings. The SMILES string of the molecule is C=CCSc1ccccc1NCC1CCCCCC1. The van der Waals surface area contributed by atoms with Gasteiger partial charge in [-0.3, -0.25) is 0 Å². The van der Waals surface area contributed by atoms with E-state index in [9.17, 15) is 0 Å².